The first-order valence-electron chi connectivity index (χ1n) is 5.05. The van der Waals surface area contributed by atoms with Crippen LogP contribution in [-0.4, -0.2) is 6.29 Å². The lowest BCUT2D eigenvalue weighted by atomic mass is 10.0. The molecule has 0 aliphatic heterocycles. The first-order valence-corrected chi connectivity index (χ1v) is 5.05. The Morgan fingerprint density at radius 2 is 1.47 bits per heavy atom. The smallest absolute Gasteiger partial charge is 0.292 e. The van der Waals surface area contributed by atoms with Crippen LogP contribution in [0.1, 0.15) is 10.4 Å². The third kappa shape index (κ3) is 2.50. The molecule has 0 N–H and O–H groups in total. The Hall–Kier alpha value is -2.60. The lowest BCUT2D eigenvalue weighted by molar-refractivity contribution is 0.112. The fourth-order valence-corrected chi connectivity index (χ4v) is 1.52. The van der Waals surface area contributed by atoms with Crippen molar-refractivity contribution in [2.75, 3.05) is 0 Å². The second kappa shape index (κ2) is 4.95. The minimum absolute atomic E-state index is 0.515. The molecule has 2 aromatic rings. The summed E-state index contributed by atoms with van der Waals surface area (Å²) >= 11 is 0. The van der Waals surface area contributed by atoms with Gasteiger partial charge in [-0.2, -0.15) is 0 Å². The molecule has 2 rings (SSSR count). The molecule has 0 spiro atoms. The van der Waals surface area contributed by atoms with Crippen LogP contribution >= 0.6 is 0 Å². The molecule has 3 heteroatoms. The summed E-state index contributed by atoms with van der Waals surface area (Å²) in [5, 5.41) is 8.36. The number of benzene rings is 2. The highest BCUT2D eigenvalue weighted by Crippen LogP contribution is 2.22. The maximum absolute atomic E-state index is 10.5. The molecule has 82 valence electrons. The number of carbonyl (C=O) groups excluding carboxylic acids is 1. The van der Waals surface area contributed by atoms with Gasteiger partial charge in [0.1, 0.15) is 12.0 Å². The second-order valence-electron chi connectivity index (χ2n) is 3.46. The standard InChI is InChI=1S/C14H9NO2/c15-10-17-14-7-5-13(6-8-14)12-3-1-11(9-16)2-4-12/h1-9H. The predicted molar refractivity (Wildman–Crippen MR) is 63.5 cm³/mol. The third-order valence-corrected chi connectivity index (χ3v) is 2.40. The maximum Gasteiger partial charge on any atom is 0.292 e. The van der Waals surface area contributed by atoms with Gasteiger partial charge in [-0.25, -0.2) is 0 Å². The molecule has 0 atom stereocenters. The Bertz CT molecular complexity index is 550. The number of nitrogens with zero attached hydrogens (tertiary/aromatic N) is 1. The van der Waals surface area contributed by atoms with Gasteiger partial charge in [0.05, 0.1) is 0 Å². The van der Waals surface area contributed by atoms with Gasteiger partial charge in [0.2, 0.25) is 0 Å². The molecule has 17 heavy (non-hydrogen) atoms. The minimum Gasteiger partial charge on any atom is -0.388 e. The Kier molecular flexibility index (Phi) is 3.18. The van der Waals surface area contributed by atoms with Gasteiger partial charge in [-0.1, -0.05) is 36.4 Å². The zero-order valence-corrected chi connectivity index (χ0v) is 8.96. The number of hydrogen-bond donors (Lipinski definition) is 0. The Labute approximate surface area is 98.9 Å². The van der Waals surface area contributed by atoms with Crippen molar-refractivity contribution in [1.82, 2.24) is 0 Å². The molecule has 3 nitrogen and oxygen atoms in total. The zero-order valence-electron chi connectivity index (χ0n) is 8.96. The number of aldehydes is 1. The highest BCUT2D eigenvalue weighted by Gasteiger charge is 1.99. The molecule has 0 unspecified atom stereocenters. The van der Waals surface area contributed by atoms with Crippen molar-refractivity contribution in [3.63, 3.8) is 0 Å². The molecule has 0 saturated heterocycles. The molecule has 0 amide bonds. The second-order valence-corrected chi connectivity index (χ2v) is 3.46. The van der Waals surface area contributed by atoms with Crippen LogP contribution in [0.25, 0.3) is 11.1 Å². The van der Waals surface area contributed by atoms with Crippen LogP contribution in [0.15, 0.2) is 48.5 Å². The van der Waals surface area contributed by atoms with Crippen LogP contribution in [-0.2, 0) is 0 Å². The molecule has 0 saturated carbocycles. The first kappa shape index (κ1) is 10.9. The molecule has 0 radical (unpaired) electrons. The van der Waals surface area contributed by atoms with E-state index >= 15 is 0 Å². The van der Waals surface area contributed by atoms with E-state index in [1.54, 1.807) is 30.5 Å². The van der Waals surface area contributed by atoms with Crippen molar-refractivity contribution >= 4 is 6.29 Å². The van der Waals surface area contributed by atoms with Crippen LogP contribution in [0.5, 0.6) is 5.75 Å². The SMILES string of the molecule is N#COc1ccc(-c2ccc(C=O)cc2)cc1. The summed E-state index contributed by atoms with van der Waals surface area (Å²) in [6, 6.07) is 14.5. The Balaban J connectivity index is 2.27. The molecular weight excluding hydrogens is 214 g/mol. The number of ether oxygens (including phenoxy) is 1. The molecular formula is C14H9NO2. The van der Waals surface area contributed by atoms with Crippen LogP contribution < -0.4 is 4.74 Å². The van der Waals surface area contributed by atoms with Crippen LogP contribution in [0.3, 0.4) is 0 Å². The van der Waals surface area contributed by atoms with E-state index in [0.29, 0.717) is 11.3 Å². The molecule has 2 aromatic carbocycles. The van der Waals surface area contributed by atoms with E-state index in [0.717, 1.165) is 17.4 Å². The van der Waals surface area contributed by atoms with E-state index in [1.165, 1.54) is 0 Å². The summed E-state index contributed by atoms with van der Waals surface area (Å²) in [5.74, 6) is 0.515. The van der Waals surface area contributed by atoms with Gasteiger partial charge in [0.15, 0.2) is 0 Å². The van der Waals surface area contributed by atoms with Gasteiger partial charge in [-0.3, -0.25) is 4.79 Å². The van der Waals surface area contributed by atoms with Crippen molar-refractivity contribution in [1.29, 1.82) is 5.26 Å². The minimum atomic E-state index is 0.515. The van der Waals surface area contributed by atoms with E-state index in [1.807, 2.05) is 24.3 Å². The molecule has 0 bridgehead atoms. The summed E-state index contributed by atoms with van der Waals surface area (Å²) in [7, 11) is 0. The van der Waals surface area contributed by atoms with Crippen molar-refractivity contribution in [3.05, 3.63) is 54.1 Å². The van der Waals surface area contributed by atoms with Crippen LogP contribution in [0.4, 0.5) is 0 Å². The van der Waals surface area contributed by atoms with Crippen LogP contribution in [0.2, 0.25) is 0 Å². The summed E-state index contributed by atoms with van der Waals surface area (Å²) in [5.41, 5.74) is 2.67. The van der Waals surface area contributed by atoms with E-state index < -0.39 is 0 Å². The Morgan fingerprint density at radius 3 is 1.94 bits per heavy atom. The summed E-state index contributed by atoms with van der Waals surface area (Å²) < 4.78 is 4.69. The monoisotopic (exact) mass is 223 g/mol. The molecule has 0 aliphatic rings. The van der Waals surface area contributed by atoms with Crippen molar-refractivity contribution < 1.29 is 9.53 Å². The zero-order chi connectivity index (χ0) is 12.1. The van der Waals surface area contributed by atoms with Gasteiger partial charge in [-0.15, -0.1) is 5.26 Å². The van der Waals surface area contributed by atoms with Crippen molar-refractivity contribution in [3.8, 4) is 23.1 Å². The van der Waals surface area contributed by atoms with Gasteiger partial charge in [-0.05, 0) is 23.3 Å². The largest absolute Gasteiger partial charge is 0.388 e. The summed E-state index contributed by atoms with van der Waals surface area (Å²) in [4.78, 5) is 10.5. The average Bonchev–Trinajstić information content (AvgIpc) is 2.40. The molecule has 0 aromatic heterocycles. The van der Waals surface area contributed by atoms with Crippen LogP contribution in [0, 0.1) is 11.5 Å². The van der Waals surface area contributed by atoms with Gasteiger partial charge in [0.25, 0.3) is 6.26 Å². The molecule has 0 aliphatic carbocycles. The number of carbonyl (C=O) groups is 1. The first-order chi connectivity index (χ1) is 8.33. The maximum atomic E-state index is 10.5. The molecule has 0 fully saturated rings. The Morgan fingerprint density at radius 1 is 0.941 bits per heavy atom. The quantitative estimate of drug-likeness (QED) is 0.593. The molecule has 0 heterocycles. The topological polar surface area (TPSA) is 50.1 Å². The van der Waals surface area contributed by atoms with Gasteiger partial charge >= 0.3 is 0 Å². The van der Waals surface area contributed by atoms with E-state index in [9.17, 15) is 4.79 Å². The van der Waals surface area contributed by atoms with Crippen molar-refractivity contribution in [2.24, 2.45) is 0 Å². The highest BCUT2D eigenvalue weighted by atomic mass is 16.5. The fraction of sp³-hybridized carbons (Fsp3) is 0. The lowest BCUT2D eigenvalue weighted by Gasteiger charge is -2.02. The summed E-state index contributed by atoms with van der Waals surface area (Å²) in [6.07, 6.45) is 2.43. The normalized spacial score (nSPS) is 9.35. The van der Waals surface area contributed by atoms with E-state index in [2.05, 4.69) is 0 Å². The van der Waals surface area contributed by atoms with E-state index in [-0.39, 0.29) is 0 Å². The number of hydrogen-bond acceptors (Lipinski definition) is 3. The average molecular weight is 223 g/mol. The number of rotatable bonds is 3. The summed E-state index contributed by atoms with van der Waals surface area (Å²) in [6.45, 7) is 0. The lowest BCUT2D eigenvalue weighted by Crippen LogP contribution is -1.83. The predicted octanol–water partition coefficient (Wildman–Crippen LogP) is 3.03. The number of nitriles is 1. The van der Waals surface area contributed by atoms with Crippen molar-refractivity contribution in [2.45, 2.75) is 0 Å². The van der Waals surface area contributed by atoms with Gasteiger partial charge in [0, 0.05) is 5.56 Å². The highest BCUT2D eigenvalue weighted by molar-refractivity contribution is 5.76. The van der Waals surface area contributed by atoms with E-state index in [4.69, 9.17) is 10.00 Å². The fourth-order valence-electron chi connectivity index (χ4n) is 1.52. The van der Waals surface area contributed by atoms with Gasteiger partial charge < -0.3 is 4.74 Å². The third-order valence-electron chi connectivity index (χ3n) is 2.40.